The molecule has 1 amide bonds. The van der Waals surface area contributed by atoms with Crippen molar-refractivity contribution >= 4 is 12.0 Å². The van der Waals surface area contributed by atoms with Crippen molar-refractivity contribution in [1.29, 1.82) is 0 Å². The van der Waals surface area contributed by atoms with E-state index in [2.05, 4.69) is 50.1 Å². The molecule has 1 aromatic heterocycles. The monoisotopic (exact) mass is 481 g/mol. The van der Waals surface area contributed by atoms with Gasteiger partial charge in [-0.2, -0.15) is 0 Å². The predicted molar refractivity (Wildman–Crippen MR) is 131 cm³/mol. The number of aliphatic hydroxyl groups excluding tert-OH is 1. The molecule has 1 saturated carbocycles. The zero-order chi connectivity index (χ0) is 24.4. The molecule has 0 bridgehead atoms. The Morgan fingerprint density at radius 1 is 1.09 bits per heavy atom. The Morgan fingerprint density at radius 2 is 1.74 bits per heavy atom. The van der Waals surface area contributed by atoms with Gasteiger partial charge in [-0.25, -0.2) is 14.8 Å². The van der Waals surface area contributed by atoms with Gasteiger partial charge in [-0.05, 0) is 32.3 Å². The highest BCUT2D eigenvalue weighted by atomic mass is 16.6. The van der Waals surface area contributed by atoms with Gasteiger partial charge in [0.1, 0.15) is 12.7 Å². The second-order valence-electron chi connectivity index (χ2n) is 10.3. The van der Waals surface area contributed by atoms with Crippen molar-refractivity contribution in [1.82, 2.24) is 19.8 Å². The van der Waals surface area contributed by atoms with Gasteiger partial charge in [-0.15, -0.1) is 0 Å². The lowest BCUT2D eigenvalue weighted by Crippen LogP contribution is -2.65. The summed E-state index contributed by atoms with van der Waals surface area (Å²) in [6.07, 6.45) is 4.97. The molecule has 2 atom stereocenters. The van der Waals surface area contributed by atoms with Crippen molar-refractivity contribution in [2.45, 2.75) is 51.4 Å². The first kappa shape index (κ1) is 23.8. The van der Waals surface area contributed by atoms with Crippen LogP contribution in [0.25, 0.3) is 0 Å². The minimum atomic E-state index is -0.210. The van der Waals surface area contributed by atoms with Crippen molar-refractivity contribution in [2.24, 2.45) is 5.41 Å². The highest BCUT2D eigenvalue weighted by Crippen LogP contribution is 2.50. The van der Waals surface area contributed by atoms with Gasteiger partial charge in [0.05, 0.1) is 31.1 Å². The molecule has 3 heterocycles. The van der Waals surface area contributed by atoms with Crippen LogP contribution in [0.1, 0.15) is 32.3 Å². The van der Waals surface area contributed by atoms with Crippen LogP contribution in [0.3, 0.4) is 0 Å². The van der Waals surface area contributed by atoms with Gasteiger partial charge in [-0.1, -0.05) is 30.3 Å². The van der Waals surface area contributed by atoms with Crippen molar-refractivity contribution in [2.75, 3.05) is 44.3 Å². The topological polar surface area (TPSA) is 91.3 Å². The van der Waals surface area contributed by atoms with Gasteiger partial charge in [0.2, 0.25) is 5.95 Å². The molecule has 0 radical (unpaired) electrons. The number of benzene rings is 1. The third-order valence-electron chi connectivity index (χ3n) is 7.34. The minimum Gasteiger partial charge on any atom is -0.488 e. The van der Waals surface area contributed by atoms with E-state index in [0.29, 0.717) is 30.2 Å². The van der Waals surface area contributed by atoms with Crippen LogP contribution in [-0.4, -0.2) is 88.5 Å². The lowest BCUT2D eigenvalue weighted by molar-refractivity contribution is -0.137. The van der Waals surface area contributed by atoms with Crippen LogP contribution < -0.4 is 9.64 Å². The number of rotatable bonds is 7. The number of ether oxygens (including phenoxy) is 2. The predicted octanol–water partition coefficient (Wildman–Crippen LogP) is 2.55. The summed E-state index contributed by atoms with van der Waals surface area (Å²) in [5, 5.41) is 8.87. The molecule has 188 valence electrons. The normalized spacial score (nSPS) is 24.1. The summed E-state index contributed by atoms with van der Waals surface area (Å²) >= 11 is 0. The maximum atomic E-state index is 13.0. The first-order valence-electron chi connectivity index (χ1n) is 12.5. The molecule has 5 rings (SSSR count). The Morgan fingerprint density at radius 3 is 2.37 bits per heavy atom. The molecule has 0 unspecified atom stereocenters. The van der Waals surface area contributed by atoms with Crippen molar-refractivity contribution in [3.8, 4) is 5.75 Å². The maximum absolute atomic E-state index is 13.0. The minimum absolute atomic E-state index is 0.0146. The number of piperazine rings is 1. The van der Waals surface area contributed by atoms with Gasteiger partial charge in [0.15, 0.2) is 5.75 Å². The Labute approximate surface area is 206 Å². The zero-order valence-corrected chi connectivity index (χ0v) is 20.5. The quantitative estimate of drug-likeness (QED) is 0.645. The van der Waals surface area contributed by atoms with E-state index in [-0.39, 0.29) is 37.5 Å². The number of likely N-dealkylation sites (tertiary alicyclic amines) is 1. The number of anilines is 1. The molecule has 1 N–H and O–H groups in total. The second kappa shape index (κ2) is 9.99. The molecule has 9 heteroatoms. The third-order valence-corrected chi connectivity index (χ3v) is 7.34. The van der Waals surface area contributed by atoms with Crippen LogP contribution in [0.4, 0.5) is 10.7 Å². The summed E-state index contributed by atoms with van der Waals surface area (Å²) in [7, 11) is 0. The number of aliphatic hydroxyl groups is 1. The van der Waals surface area contributed by atoms with Crippen LogP contribution in [0.5, 0.6) is 5.75 Å². The number of hydrogen-bond acceptors (Lipinski definition) is 8. The fraction of sp³-hybridized carbons (Fsp3) is 0.577. The van der Waals surface area contributed by atoms with E-state index in [1.165, 1.54) is 5.56 Å². The molecule has 2 aromatic rings. The van der Waals surface area contributed by atoms with E-state index in [4.69, 9.17) is 14.6 Å². The average molecular weight is 482 g/mol. The van der Waals surface area contributed by atoms with E-state index in [1.54, 1.807) is 12.4 Å². The lowest BCUT2D eigenvalue weighted by atomic mass is 9.61. The Hall–Kier alpha value is -2.91. The summed E-state index contributed by atoms with van der Waals surface area (Å²) in [6.45, 7) is 8.69. The first-order chi connectivity index (χ1) is 16.9. The molecule has 1 aromatic carbocycles. The van der Waals surface area contributed by atoms with E-state index < -0.39 is 0 Å². The lowest BCUT2D eigenvalue weighted by Gasteiger charge is -2.58. The number of hydrogen-bond donors (Lipinski definition) is 1. The van der Waals surface area contributed by atoms with Crippen molar-refractivity contribution < 1.29 is 19.4 Å². The molecule has 1 aliphatic carbocycles. The van der Waals surface area contributed by atoms with Gasteiger partial charge in [0, 0.05) is 38.1 Å². The molecule has 9 nitrogen and oxygen atoms in total. The van der Waals surface area contributed by atoms with Gasteiger partial charge < -0.3 is 19.5 Å². The third kappa shape index (κ3) is 5.21. The zero-order valence-electron chi connectivity index (χ0n) is 20.5. The number of nitrogens with zero attached hydrogens (tertiary/aromatic N) is 5. The van der Waals surface area contributed by atoms with Gasteiger partial charge in [-0.3, -0.25) is 9.80 Å². The van der Waals surface area contributed by atoms with Crippen molar-refractivity contribution in [3.05, 3.63) is 48.3 Å². The smallest absolute Gasteiger partial charge is 0.410 e. The fourth-order valence-corrected chi connectivity index (χ4v) is 5.86. The van der Waals surface area contributed by atoms with E-state index in [9.17, 15) is 4.79 Å². The van der Waals surface area contributed by atoms with Crippen LogP contribution in [-0.2, 0) is 11.3 Å². The second-order valence-corrected chi connectivity index (χ2v) is 10.3. The number of carbonyl (C=O) groups excluding carboxylic acids is 1. The number of aromatic nitrogens is 2. The summed E-state index contributed by atoms with van der Waals surface area (Å²) < 4.78 is 11.3. The molecule has 3 fully saturated rings. The van der Waals surface area contributed by atoms with E-state index in [0.717, 1.165) is 32.5 Å². The van der Waals surface area contributed by atoms with Crippen LogP contribution in [0.15, 0.2) is 42.7 Å². The maximum Gasteiger partial charge on any atom is 0.410 e. The molecule has 35 heavy (non-hydrogen) atoms. The molecular formula is C26H35N5O4. The SMILES string of the molecule is C[C@@H]1CN(c2ncc(OCCO)cn2)C[C@H](C)N1C(=O)OC1CC2(C1)CN(Cc1ccccc1)C2. The molecule has 2 aliphatic heterocycles. The van der Waals surface area contributed by atoms with Gasteiger partial charge in [0.25, 0.3) is 0 Å². The van der Waals surface area contributed by atoms with E-state index >= 15 is 0 Å². The summed E-state index contributed by atoms with van der Waals surface area (Å²) in [5.74, 6) is 1.14. The summed E-state index contributed by atoms with van der Waals surface area (Å²) in [5.41, 5.74) is 1.68. The Bertz CT molecular complexity index is 979. The van der Waals surface area contributed by atoms with Crippen LogP contribution in [0, 0.1) is 5.41 Å². The standard InChI is InChI=1S/C26H35N5O4/c1-19-14-30(24-27-12-23(13-28-24)34-9-8-32)15-20(2)31(19)25(33)35-22-10-26(11-22)17-29(18-26)16-21-6-4-3-5-7-21/h3-7,12-13,19-20,22,32H,8-11,14-18H2,1-2H3/t19-,20+. The summed E-state index contributed by atoms with van der Waals surface area (Å²) in [4.78, 5) is 28.3. The Balaban J connectivity index is 1.07. The average Bonchev–Trinajstić information content (AvgIpc) is 2.80. The molecule has 2 saturated heterocycles. The first-order valence-corrected chi connectivity index (χ1v) is 12.5. The molecule has 1 spiro atoms. The number of amides is 1. The molecular weight excluding hydrogens is 446 g/mol. The van der Waals surface area contributed by atoms with Crippen molar-refractivity contribution in [3.63, 3.8) is 0 Å². The van der Waals surface area contributed by atoms with E-state index in [1.807, 2.05) is 18.7 Å². The van der Waals surface area contributed by atoms with Crippen LogP contribution >= 0.6 is 0 Å². The van der Waals surface area contributed by atoms with Crippen LogP contribution in [0.2, 0.25) is 0 Å². The summed E-state index contributed by atoms with van der Waals surface area (Å²) in [6, 6.07) is 10.5. The highest BCUT2D eigenvalue weighted by Gasteiger charge is 2.54. The molecule has 3 aliphatic rings. The van der Waals surface area contributed by atoms with Gasteiger partial charge >= 0.3 is 6.09 Å². The fourth-order valence-electron chi connectivity index (χ4n) is 5.86. The Kier molecular flexibility index (Phi) is 6.80. The number of carbonyl (C=O) groups is 1. The highest BCUT2D eigenvalue weighted by molar-refractivity contribution is 5.69. The largest absolute Gasteiger partial charge is 0.488 e.